The van der Waals surface area contributed by atoms with Crippen LogP contribution in [0.15, 0.2) is 18.2 Å². The van der Waals surface area contributed by atoms with Crippen molar-refractivity contribution >= 4 is 5.69 Å². The molecule has 0 aliphatic carbocycles. The fraction of sp³-hybridized carbons (Fsp3) is 0.667. The summed E-state index contributed by atoms with van der Waals surface area (Å²) >= 11 is 0. The molecule has 112 valence electrons. The molecule has 0 amide bonds. The van der Waals surface area contributed by atoms with Crippen LogP contribution in [-0.2, 0) is 4.74 Å². The van der Waals surface area contributed by atoms with Crippen LogP contribution in [0.3, 0.4) is 0 Å². The highest BCUT2D eigenvalue weighted by Crippen LogP contribution is 2.29. The van der Waals surface area contributed by atoms with E-state index in [1.54, 1.807) is 0 Å². The smallest absolute Gasteiger partial charge is 0.0469 e. The topological polar surface area (TPSA) is 21.3 Å². The van der Waals surface area contributed by atoms with Crippen molar-refractivity contribution in [1.29, 1.82) is 0 Å². The predicted octanol–water partition coefficient (Wildman–Crippen LogP) is 4.77. The van der Waals surface area contributed by atoms with Crippen LogP contribution < -0.4 is 5.32 Å². The number of anilines is 1. The van der Waals surface area contributed by atoms with Crippen LogP contribution in [0.25, 0.3) is 0 Å². The van der Waals surface area contributed by atoms with E-state index in [0.29, 0.717) is 11.8 Å². The number of nitrogens with one attached hydrogen (secondary N) is 1. The first kappa shape index (κ1) is 15.4. The van der Waals surface area contributed by atoms with Crippen LogP contribution >= 0.6 is 0 Å². The van der Waals surface area contributed by atoms with E-state index in [0.717, 1.165) is 25.7 Å². The molecule has 0 saturated carbocycles. The highest BCUT2D eigenvalue weighted by molar-refractivity contribution is 5.54. The van der Waals surface area contributed by atoms with Gasteiger partial charge in [-0.3, -0.25) is 0 Å². The maximum atomic E-state index is 5.43. The Morgan fingerprint density at radius 1 is 1.10 bits per heavy atom. The molecular weight excluding hydrogens is 246 g/mol. The largest absolute Gasteiger partial charge is 0.385 e. The molecule has 2 heteroatoms. The van der Waals surface area contributed by atoms with E-state index in [1.165, 1.54) is 29.7 Å². The van der Waals surface area contributed by atoms with Crippen LogP contribution in [0, 0.1) is 5.92 Å². The maximum absolute atomic E-state index is 5.43. The van der Waals surface area contributed by atoms with Crippen LogP contribution in [0.4, 0.5) is 5.69 Å². The molecule has 1 aliphatic heterocycles. The Morgan fingerprint density at radius 3 is 2.40 bits per heavy atom. The number of hydrogen-bond acceptors (Lipinski definition) is 2. The van der Waals surface area contributed by atoms with Crippen molar-refractivity contribution in [3.05, 3.63) is 29.3 Å². The van der Waals surface area contributed by atoms with E-state index in [-0.39, 0.29) is 0 Å². The number of hydrogen-bond donors (Lipinski definition) is 1. The van der Waals surface area contributed by atoms with Gasteiger partial charge in [-0.25, -0.2) is 0 Å². The van der Waals surface area contributed by atoms with Crippen molar-refractivity contribution in [1.82, 2.24) is 0 Å². The minimum Gasteiger partial charge on any atom is -0.385 e. The third-order valence-corrected chi connectivity index (χ3v) is 4.29. The average molecular weight is 275 g/mol. The lowest BCUT2D eigenvalue weighted by molar-refractivity contribution is 0.0699. The molecule has 1 aliphatic rings. The first-order valence-electron chi connectivity index (χ1n) is 8.03. The minimum atomic E-state index is 0.561. The van der Waals surface area contributed by atoms with Gasteiger partial charge in [-0.15, -0.1) is 0 Å². The van der Waals surface area contributed by atoms with Gasteiger partial charge in [0.25, 0.3) is 0 Å². The summed E-state index contributed by atoms with van der Waals surface area (Å²) in [6, 6.07) is 6.91. The SMILES string of the molecule is CC(C)c1ccc(NCC2CCOCC2)c(C(C)C)c1. The summed E-state index contributed by atoms with van der Waals surface area (Å²) in [5.74, 6) is 1.91. The normalized spacial score (nSPS) is 16.9. The Kier molecular flexibility index (Phi) is 5.47. The number of rotatable bonds is 5. The molecule has 20 heavy (non-hydrogen) atoms. The Labute approximate surface area is 123 Å². The fourth-order valence-corrected chi connectivity index (χ4v) is 2.78. The van der Waals surface area contributed by atoms with Gasteiger partial charge in [0.05, 0.1) is 0 Å². The molecule has 0 radical (unpaired) electrons. The molecule has 1 N–H and O–H groups in total. The molecule has 1 fully saturated rings. The average Bonchev–Trinajstić information content (AvgIpc) is 2.45. The molecule has 2 rings (SSSR count). The molecule has 1 saturated heterocycles. The summed E-state index contributed by atoms with van der Waals surface area (Å²) in [6.07, 6.45) is 2.38. The fourth-order valence-electron chi connectivity index (χ4n) is 2.78. The molecule has 0 aromatic heterocycles. The van der Waals surface area contributed by atoms with Gasteiger partial charge in [-0.2, -0.15) is 0 Å². The van der Waals surface area contributed by atoms with Gasteiger partial charge in [0.15, 0.2) is 0 Å². The molecule has 1 aromatic rings. The number of benzene rings is 1. The maximum Gasteiger partial charge on any atom is 0.0469 e. The Bertz CT molecular complexity index is 419. The molecule has 0 unspecified atom stereocenters. The zero-order valence-electron chi connectivity index (χ0n) is 13.4. The van der Waals surface area contributed by atoms with Gasteiger partial charge in [0, 0.05) is 25.4 Å². The van der Waals surface area contributed by atoms with E-state index in [9.17, 15) is 0 Å². The predicted molar refractivity (Wildman–Crippen MR) is 86.7 cm³/mol. The second-order valence-electron chi connectivity index (χ2n) is 6.59. The van der Waals surface area contributed by atoms with Crippen LogP contribution in [0.2, 0.25) is 0 Å². The van der Waals surface area contributed by atoms with Gasteiger partial charge < -0.3 is 10.1 Å². The Balaban J connectivity index is 2.05. The summed E-state index contributed by atoms with van der Waals surface area (Å²) in [5.41, 5.74) is 4.20. The van der Waals surface area contributed by atoms with Gasteiger partial charge in [-0.05, 0) is 47.8 Å². The zero-order chi connectivity index (χ0) is 14.5. The zero-order valence-corrected chi connectivity index (χ0v) is 13.4. The second kappa shape index (κ2) is 7.12. The summed E-state index contributed by atoms with van der Waals surface area (Å²) in [6.45, 7) is 12.0. The first-order chi connectivity index (χ1) is 9.58. The number of ether oxygens (including phenoxy) is 1. The summed E-state index contributed by atoms with van der Waals surface area (Å²) in [7, 11) is 0. The monoisotopic (exact) mass is 275 g/mol. The minimum absolute atomic E-state index is 0.561. The molecule has 0 atom stereocenters. The van der Waals surface area contributed by atoms with Gasteiger partial charge in [0.1, 0.15) is 0 Å². The highest BCUT2D eigenvalue weighted by atomic mass is 16.5. The molecule has 0 spiro atoms. The second-order valence-corrected chi connectivity index (χ2v) is 6.59. The first-order valence-corrected chi connectivity index (χ1v) is 8.03. The Morgan fingerprint density at radius 2 is 1.80 bits per heavy atom. The van der Waals surface area contributed by atoms with Crippen molar-refractivity contribution in [3.63, 3.8) is 0 Å². The molecule has 1 heterocycles. The Hall–Kier alpha value is -1.02. The lowest BCUT2D eigenvalue weighted by Gasteiger charge is -2.24. The quantitative estimate of drug-likeness (QED) is 0.835. The summed E-state index contributed by atoms with van der Waals surface area (Å²) < 4.78 is 5.43. The lowest BCUT2D eigenvalue weighted by Crippen LogP contribution is -2.23. The van der Waals surface area contributed by atoms with E-state index < -0.39 is 0 Å². The van der Waals surface area contributed by atoms with Crippen molar-refractivity contribution in [2.75, 3.05) is 25.1 Å². The van der Waals surface area contributed by atoms with Crippen molar-refractivity contribution < 1.29 is 4.74 Å². The third kappa shape index (κ3) is 3.99. The van der Waals surface area contributed by atoms with Crippen LogP contribution in [-0.4, -0.2) is 19.8 Å². The van der Waals surface area contributed by atoms with Crippen molar-refractivity contribution in [2.24, 2.45) is 5.92 Å². The van der Waals surface area contributed by atoms with Crippen molar-refractivity contribution in [3.8, 4) is 0 Å². The summed E-state index contributed by atoms with van der Waals surface area (Å²) in [5, 5.41) is 3.67. The molecule has 2 nitrogen and oxygen atoms in total. The van der Waals surface area contributed by atoms with E-state index in [2.05, 4.69) is 51.2 Å². The van der Waals surface area contributed by atoms with Crippen LogP contribution in [0.1, 0.15) is 63.5 Å². The van der Waals surface area contributed by atoms with E-state index in [4.69, 9.17) is 4.74 Å². The molecule has 0 bridgehead atoms. The molecular formula is C18H29NO. The highest BCUT2D eigenvalue weighted by Gasteiger charge is 2.15. The van der Waals surface area contributed by atoms with E-state index >= 15 is 0 Å². The van der Waals surface area contributed by atoms with Crippen molar-refractivity contribution in [2.45, 2.75) is 52.4 Å². The van der Waals surface area contributed by atoms with Crippen LogP contribution in [0.5, 0.6) is 0 Å². The standard InChI is InChI=1S/C18H29NO/c1-13(2)16-5-6-18(17(11-16)14(3)4)19-12-15-7-9-20-10-8-15/h5-6,11,13-15,19H,7-10,12H2,1-4H3. The molecule has 1 aromatic carbocycles. The third-order valence-electron chi connectivity index (χ3n) is 4.29. The van der Waals surface area contributed by atoms with Gasteiger partial charge >= 0.3 is 0 Å². The van der Waals surface area contributed by atoms with E-state index in [1.807, 2.05) is 0 Å². The van der Waals surface area contributed by atoms with Gasteiger partial charge in [-0.1, -0.05) is 39.8 Å². The lowest BCUT2D eigenvalue weighted by atomic mass is 9.93. The summed E-state index contributed by atoms with van der Waals surface area (Å²) in [4.78, 5) is 0. The van der Waals surface area contributed by atoms with Gasteiger partial charge in [0.2, 0.25) is 0 Å².